The highest BCUT2D eigenvalue weighted by Crippen LogP contribution is 2.30. The van der Waals surface area contributed by atoms with E-state index in [1.807, 2.05) is 0 Å². The Morgan fingerprint density at radius 2 is 1.55 bits per heavy atom. The van der Waals surface area contributed by atoms with Gasteiger partial charge < -0.3 is 5.32 Å². The number of benzene rings is 3. The molecule has 0 aliphatic heterocycles. The second-order valence-electron chi connectivity index (χ2n) is 7.19. The zero-order valence-corrected chi connectivity index (χ0v) is 18.0. The maximum atomic E-state index is 13.0. The molecule has 0 saturated carbocycles. The largest absolute Gasteiger partial charge is 0.416 e. The van der Waals surface area contributed by atoms with Crippen LogP contribution in [0, 0.1) is 0 Å². The first-order valence-corrected chi connectivity index (χ1v) is 11.4. The van der Waals surface area contributed by atoms with Crippen molar-refractivity contribution in [3.63, 3.8) is 0 Å². The van der Waals surface area contributed by atoms with E-state index in [0.29, 0.717) is 22.3 Å². The molecule has 33 heavy (non-hydrogen) atoms. The molecule has 0 aliphatic rings. The van der Waals surface area contributed by atoms with Gasteiger partial charge in [-0.25, -0.2) is 23.1 Å². The van der Waals surface area contributed by atoms with Crippen molar-refractivity contribution < 1.29 is 21.6 Å². The van der Waals surface area contributed by atoms with Gasteiger partial charge >= 0.3 is 6.18 Å². The predicted molar refractivity (Wildman–Crippen MR) is 119 cm³/mol. The van der Waals surface area contributed by atoms with Crippen molar-refractivity contribution in [3.8, 4) is 0 Å². The number of rotatable bonds is 7. The monoisotopic (exact) mass is 472 g/mol. The number of hydrogen-bond donors (Lipinski definition) is 2. The van der Waals surface area contributed by atoms with Crippen LogP contribution in [0.3, 0.4) is 0 Å². The summed E-state index contributed by atoms with van der Waals surface area (Å²) in [4.78, 5) is 8.94. The summed E-state index contributed by atoms with van der Waals surface area (Å²) in [6.07, 6.45) is -4.43. The quantitative estimate of drug-likeness (QED) is 0.406. The zero-order chi connectivity index (χ0) is 23.5. The molecule has 0 amide bonds. The SMILES string of the molecule is O=S(=O)(NCc1nc(NCc2cccc(C(F)(F)F)c2)c2ccccc2n1)c1ccccc1. The average molecular weight is 472 g/mol. The zero-order valence-electron chi connectivity index (χ0n) is 17.2. The Morgan fingerprint density at radius 3 is 2.30 bits per heavy atom. The molecule has 0 spiro atoms. The average Bonchev–Trinajstić information content (AvgIpc) is 2.81. The third-order valence-electron chi connectivity index (χ3n) is 4.84. The van der Waals surface area contributed by atoms with Gasteiger partial charge in [0, 0.05) is 11.9 Å². The highest BCUT2D eigenvalue weighted by Gasteiger charge is 2.30. The first-order valence-electron chi connectivity index (χ1n) is 9.93. The maximum absolute atomic E-state index is 13.0. The van der Waals surface area contributed by atoms with Crippen molar-refractivity contribution >= 4 is 26.7 Å². The molecule has 4 rings (SSSR count). The molecule has 0 radical (unpaired) electrons. The fourth-order valence-electron chi connectivity index (χ4n) is 3.22. The molecule has 0 fully saturated rings. The van der Waals surface area contributed by atoms with E-state index < -0.39 is 21.8 Å². The Morgan fingerprint density at radius 1 is 0.818 bits per heavy atom. The van der Waals surface area contributed by atoms with Crippen LogP contribution in [-0.2, 0) is 29.3 Å². The molecular weight excluding hydrogens is 453 g/mol. The third kappa shape index (κ3) is 5.47. The molecule has 1 heterocycles. The van der Waals surface area contributed by atoms with Gasteiger partial charge in [0.2, 0.25) is 10.0 Å². The summed E-state index contributed by atoms with van der Waals surface area (Å²) >= 11 is 0. The summed E-state index contributed by atoms with van der Waals surface area (Å²) in [5.41, 5.74) is 0.275. The Balaban J connectivity index is 1.57. The van der Waals surface area contributed by atoms with E-state index in [9.17, 15) is 21.6 Å². The number of anilines is 1. The predicted octanol–water partition coefficient (Wildman–Crippen LogP) is 4.74. The minimum Gasteiger partial charge on any atom is -0.365 e. The fraction of sp³-hybridized carbons (Fsp3) is 0.130. The van der Waals surface area contributed by atoms with E-state index >= 15 is 0 Å². The molecule has 0 bridgehead atoms. The molecule has 10 heteroatoms. The second-order valence-corrected chi connectivity index (χ2v) is 8.96. The maximum Gasteiger partial charge on any atom is 0.416 e. The van der Waals surface area contributed by atoms with E-state index in [0.717, 1.165) is 12.1 Å². The first-order chi connectivity index (χ1) is 15.7. The van der Waals surface area contributed by atoms with Gasteiger partial charge in [-0.05, 0) is 42.0 Å². The molecule has 0 saturated heterocycles. The van der Waals surface area contributed by atoms with Crippen molar-refractivity contribution in [1.29, 1.82) is 0 Å². The highest BCUT2D eigenvalue weighted by molar-refractivity contribution is 7.89. The van der Waals surface area contributed by atoms with Crippen LogP contribution in [0.5, 0.6) is 0 Å². The number of hydrogen-bond acceptors (Lipinski definition) is 5. The number of para-hydroxylation sites is 1. The Bertz CT molecular complexity index is 1380. The molecule has 170 valence electrons. The van der Waals surface area contributed by atoms with E-state index in [4.69, 9.17) is 0 Å². The van der Waals surface area contributed by atoms with Crippen molar-refractivity contribution in [1.82, 2.24) is 14.7 Å². The van der Waals surface area contributed by atoms with Gasteiger partial charge in [0.25, 0.3) is 0 Å². The number of nitrogens with zero attached hydrogens (tertiary/aromatic N) is 2. The number of halogens is 3. The van der Waals surface area contributed by atoms with Crippen LogP contribution in [0.2, 0.25) is 0 Å². The van der Waals surface area contributed by atoms with E-state index in [1.54, 1.807) is 48.5 Å². The van der Waals surface area contributed by atoms with Crippen LogP contribution in [0.4, 0.5) is 19.0 Å². The number of fused-ring (bicyclic) bond motifs is 1. The lowest BCUT2D eigenvalue weighted by atomic mass is 10.1. The fourth-order valence-corrected chi connectivity index (χ4v) is 4.23. The standard InChI is InChI=1S/C23H19F3N4O2S/c24-23(25,26)17-8-6-7-16(13-17)14-27-22-19-11-4-5-12-20(19)29-21(30-22)15-28-33(31,32)18-9-2-1-3-10-18/h1-13,28H,14-15H2,(H,27,29,30). The van der Waals surface area contributed by atoms with E-state index in [2.05, 4.69) is 20.0 Å². The summed E-state index contributed by atoms with van der Waals surface area (Å²) in [7, 11) is -3.76. The van der Waals surface area contributed by atoms with Crippen LogP contribution < -0.4 is 10.0 Å². The van der Waals surface area contributed by atoms with Gasteiger partial charge in [-0.3, -0.25) is 0 Å². The van der Waals surface area contributed by atoms with Gasteiger partial charge in [0.05, 0.1) is 22.5 Å². The minimum absolute atomic E-state index is 0.0973. The lowest BCUT2D eigenvalue weighted by molar-refractivity contribution is -0.137. The molecule has 6 nitrogen and oxygen atoms in total. The van der Waals surface area contributed by atoms with Gasteiger partial charge in [-0.15, -0.1) is 0 Å². The van der Waals surface area contributed by atoms with Crippen LogP contribution in [0.15, 0.2) is 83.8 Å². The summed E-state index contributed by atoms with van der Waals surface area (Å²) < 4.78 is 66.5. The molecule has 3 aromatic carbocycles. The van der Waals surface area contributed by atoms with Gasteiger partial charge in [-0.1, -0.05) is 42.5 Å². The smallest absolute Gasteiger partial charge is 0.365 e. The molecule has 2 N–H and O–H groups in total. The van der Waals surface area contributed by atoms with E-state index in [1.165, 1.54) is 18.2 Å². The Labute approximate surface area is 188 Å². The lowest BCUT2D eigenvalue weighted by Crippen LogP contribution is -2.24. The highest BCUT2D eigenvalue weighted by atomic mass is 32.2. The third-order valence-corrected chi connectivity index (χ3v) is 6.25. The number of aromatic nitrogens is 2. The summed E-state index contributed by atoms with van der Waals surface area (Å²) in [5.74, 6) is 0.617. The van der Waals surface area contributed by atoms with Crippen molar-refractivity contribution in [2.45, 2.75) is 24.2 Å². The molecule has 0 atom stereocenters. The van der Waals surface area contributed by atoms with Gasteiger partial charge in [0.15, 0.2) is 0 Å². The Kier molecular flexibility index (Phi) is 6.30. The molecule has 1 aromatic heterocycles. The molecule has 4 aromatic rings. The van der Waals surface area contributed by atoms with Crippen LogP contribution in [-0.4, -0.2) is 18.4 Å². The second kappa shape index (κ2) is 9.16. The van der Waals surface area contributed by atoms with Crippen molar-refractivity contribution in [2.75, 3.05) is 5.32 Å². The number of sulfonamides is 1. The topological polar surface area (TPSA) is 84.0 Å². The summed E-state index contributed by atoms with van der Waals surface area (Å²) in [5, 5.41) is 3.72. The normalized spacial score (nSPS) is 12.1. The van der Waals surface area contributed by atoms with Crippen LogP contribution in [0.1, 0.15) is 17.0 Å². The van der Waals surface area contributed by atoms with Crippen molar-refractivity contribution in [3.05, 3.63) is 95.8 Å². The first kappa shape index (κ1) is 22.7. The minimum atomic E-state index is -4.43. The molecular formula is C23H19F3N4O2S. The lowest BCUT2D eigenvalue weighted by Gasteiger charge is -2.13. The summed E-state index contributed by atoms with van der Waals surface area (Å²) in [6.45, 7) is -0.0551. The van der Waals surface area contributed by atoms with E-state index in [-0.39, 0.29) is 23.8 Å². The van der Waals surface area contributed by atoms with Gasteiger partial charge in [0.1, 0.15) is 11.6 Å². The Hall–Kier alpha value is -3.50. The van der Waals surface area contributed by atoms with Crippen LogP contribution >= 0.6 is 0 Å². The van der Waals surface area contributed by atoms with Crippen molar-refractivity contribution in [2.24, 2.45) is 0 Å². The number of alkyl halides is 3. The molecule has 0 unspecified atom stereocenters. The molecule has 0 aliphatic carbocycles. The number of nitrogens with one attached hydrogen (secondary N) is 2. The summed E-state index contributed by atoms with van der Waals surface area (Å²) in [6, 6.07) is 20.0. The van der Waals surface area contributed by atoms with Crippen LogP contribution in [0.25, 0.3) is 10.9 Å². The van der Waals surface area contributed by atoms with Gasteiger partial charge in [-0.2, -0.15) is 13.2 Å².